The lowest BCUT2D eigenvalue weighted by atomic mass is 9.93. The van der Waals surface area contributed by atoms with Gasteiger partial charge in [0.05, 0.1) is 25.2 Å². The normalized spacial score (nSPS) is 16.2. The summed E-state index contributed by atoms with van der Waals surface area (Å²) in [6.07, 6.45) is 0.430. The Balaban J connectivity index is 1.73. The minimum Gasteiger partial charge on any atom is -0.497 e. The minimum absolute atomic E-state index is 0.141. The lowest BCUT2D eigenvalue weighted by molar-refractivity contribution is -0.134. The van der Waals surface area contributed by atoms with Crippen LogP contribution in [0.15, 0.2) is 48.5 Å². The van der Waals surface area contributed by atoms with Gasteiger partial charge < -0.3 is 14.7 Å². The molecule has 0 bridgehead atoms. The van der Waals surface area contributed by atoms with Crippen LogP contribution in [0.5, 0.6) is 5.75 Å². The lowest BCUT2D eigenvalue weighted by Crippen LogP contribution is -2.39. The zero-order valence-corrected chi connectivity index (χ0v) is 14.4. The lowest BCUT2D eigenvalue weighted by Gasteiger charge is -2.26. The van der Waals surface area contributed by atoms with Gasteiger partial charge in [0.1, 0.15) is 11.6 Å². The second kappa shape index (κ2) is 6.84. The highest BCUT2D eigenvalue weighted by Crippen LogP contribution is 2.50. The third-order valence-corrected chi connectivity index (χ3v) is 4.82. The van der Waals surface area contributed by atoms with Gasteiger partial charge in [-0.1, -0.05) is 30.3 Å². The molecule has 1 amide bonds. The van der Waals surface area contributed by atoms with Crippen LogP contribution < -0.4 is 4.74 Å². The molecule has 0 heterocycles. The van der Waals surface area contributed by atoms with E-state index in [1.807, 2.05) is 0 Å². The molecular formula is C20H22FNO3. The summed E-state index contributed by atoms with van der Waals surface area (Å²) >= 11 is 0. The molecule has 4 nitrogen and oxygen atoms in total. The Bertz CT molecular complexity index is 773. The van der Waals surface area contributed by atoms with Crippen LogP contribution in [0.25, 0.3) is 0 Å². The molecule has 1 fully saturated rings. The molecule has 0 radical (unpaired) electrons. The summed E-state index contributed by atoms with van der Waals surface area (Å²) in [5, 5.41) is 10.4. The van der Waals surface area contributed by atoms with Crippen LogP contribution in [0.4, 0.5) is 4.39 Å². The number of hydrogen-bond acceptors (Lipinski definition) is 3. The fourth-order valence-electron chi connectivity index (χ4n) is 3.23. The summed E-state index contributed by atoms with van der Waals surface area (Å²) in [7, 11) is 3.21. The minimum atomic E-state index is -0.833. The zero-order valence-electron chi connectivity index (χ0n) is 14.4. The molecule has 1 aliphatic rings. The number of methoxy groups -OCH3 is 1. The molecule has 1 unspecified atom stereocenters. The van der Waals surface area contributed by atoms with Gasteiger partial charge in [0, 0.05) is 12.6 Å². The molecule has 2 aromatic carbocycles. The number of nitrogens with zero attached hydrogens (tertiary/aromatic N) is 1. The van der Waals surface area contributed by atoms with Crippen molar-refractivity contribution in [3.63, 3.8) is 0 Å². The number of likely N-dealkylation sites (N-methyl/N-ethyl adjacent to an activating group) is 1. The first-order valence-corrected chi connectivity index (χ1v) is 8.30. The van der Waals surface area contributed by atoms with Crippen molar-refractivity contribution in [3.05, 3.63) is 65.5 Å². The van der Waals surface area contributed by atoms with E-state index in [4.69, 9.17) is 4.74 Å². The van der Waals surface area contributed by atoms with Gasteiger partial charge in [-0.3, -0.25) is 4.79 Å². The number of ether oxygens (including phenoxy) is 1. The van der Waals surface area contributed by atoms with Crippen molar-refractivity contribution in [1.82, 2.24) is 4.90 Å². The van der Waals surface area contributed by atoms with Crippen molar-refractivity contribution in [2.24, 2.45) is 0 Å². The zero-order chi connectivity index (χ0) is 18.0. The number of carbonyl (C=O) groups excluding carboxylic acids is 1. The van der Waals surface area contributed by atoms with Crippen molar-refractivity contribution in [2.45, 2.75) is 24.4 Å². The van der Waals surface area contributed by atoms with Crippen LogP contribution in [0.1, 0.15) is 30.1 Å². The highest BCUT2D eigenvalue weighted by molar-refractivity contribution is 5.91. The maximum atomic E-state index is 14.1. The first-order chi connectivity index (χ1) is 12.0. The van der Waals surface area contributed by atoms with Gasteiger partial charge in [-0.2, -0.15) is 0 Å². The molecule has 0 aliphatic heterocycles. The molecule has 2 aromatic rings. The van der Waals surface area contributed by atoms with E-state index in [2.05, 4.69) is 0 Å². The van der Waals surface area contributed by atoms with Crippen LogP contribution in [0, 0.1) is 5.82 Å². The van der Waals surface area contributed by atoms with E-state index in [1.54, 1.807) is 56.6 Å². The number of amides is 1. The molecule has 1 aliphatic carbocycles. The summed E-state index contributed by atoms with van der Waals surface area (Å²) in [5.74, 6) is 0.144. The van der Waals surface area contributed by atoms with Gasteiger partial charge in [0.25, 0.3) is 0 Å². The fourth-order valence-corrected chi connectivity index (χ4v) is 3.23. The highest BCUT2D eigenvalue weighted by Gasteiger charge is 2.53. The molecule has 0 saturated heterocycles. The van der Waals surface area contributed by atoms with E-state index >= 15 is 0 Å². The maximum absolute atomic E-state index is 14.1. The number of benzene rings is 2. The second-order valence-electron chi connectivity index (χ2n) is 6.54. The Kier molecular flexibility index (Phi) is 4.77. The maximum Gasteiger partial charge on any atom is 0.233 e. The molecule has 3 rings (SSSR count). The van der Waals surface area contributed by atoms with E-state index < -0.39 is 11.5 Å². The summed E-state index contributed by atoms with van der Waals surface area (Å²) in [5.41, 5.74) is 0.339. The van der Waals surface area contributed by atoms with Crippen LogP contribution >= 0.6 is 0 Å². The number of aliphatic hydroxyl groups is 1. The summed E-state index contributed by atoms with van der Waals surface area (Å²) in [6, 6.07) is 13.5. The van der Waals surface area contributed by atoms with Gasteiger partial charge in [-0.05, 0) is 36.6 Å². The molecule has 0 spiro atoms. The molecule has 1 atom stereocenters. The Hall–Kier alpha value is -2.40. The largest absolute Gasteiger partial charge is 0.497 e. The van der Waals surface area contributed by atoms with Crippen molar-refractivity contribution < 1.29 is 19.0 Å². The topological polar surface area (TPSA) is 49.8 Å². The van der Waals surface area contributed by atoms with E-state index in [1.165, 1.54) is 11.0 Å². The Morgan fingerprint density at radius 1 is 1.28 bits per heavy atom. The van der Waals surface area contributed by atoms with Gasteiger partial charge in [0.15, 0.2) is 0 Å². The third kappa shape index (κ3) is 3.37. The second-order valence-corrected chi connectivity index (χ2v) is 6.54. The molecule has 132 valence electrons. The molecular weight excluding hydrogens is 321 g/mol. The third-order valence-electron chi connectivity index (χ3n) is 4.82. The predicted octanol–water partition coefficient (Wildman–Crippen LogP) is 3.06. The number of rotatable bonds is 6. The average Bonchev–Trinajstić information content (AvgIpc) is 3.43. The van der Waals surface area contributed by atoms with Crippen LogP contribution in [-0.2, 0) is 10.2 Å². The van der Waals surface area contributed by atoms with Crippen molar-refractivity contribution in [2.75, 3.05) is 20.7 Å². The fraction of sp³-hybridized carbons (Fsp3) is 0.350. The summed E-state index contributed by atoms with van der Waals surface area (Å²) in [4.78, 5) is 14.4. The number of hydrogen-bond donors (Lipinski definition) is 1. The van der Waals surface area contributed by atoms with E-state index in [0.717, 1.165) is 0 Å². The van der Waals surface area contributed by atoms with E-state index in [9.17, 15) is 14.3 Å². The number of carbonyl (C=O) groups is 1. The van der Waals surface area contributed by atoms with Crippen LogP contribution in [-0.4, -0.2) is 36.6 Å². The Labute approximate surface area is 146 Å². The molecule has 0 aromatic heterocycles. The summed E-state index contributed by atoms with van der Waals surface area (Å²) < 4.78 is 19.3. The van der Waals surface area contributed by atoms with E-state index in [0.29, 0.717) is 29.7 Å². The number of halogens is 1. The Morgan fingerprint density at radius 3 is 2.64 bits per heavy atom. The number of aliphatic hydroxyl groups excluding tert-OH is 1. The first kappa shape index (κ1) is 17.4. The van der Waals surface area contributed by atoms with Gasteiger partial charge >= 0.3 is 0 Å². The van der Waals surface area contributed by atoms with Crippen LogP contribution in [0.3, 0.4) is 0 Å². The first-order valence-electron chi connectivity index (χ1n) is 8.30. The van der Waals surface area contributed by atoms with Gasteiger partial charge in [-0.15, -0.1) is 0 Å². The smallest absolute Gasteiger partial charge is 0.233 e. The average molecular weight is 343 g/mol. The van der Waals surface area contributed by atoms with Crippen molar-refractivity contribution in [1.29, 1.82) is 0 Å². The molecule has 25 heavy (non-hydrogen) atoms. The predicted molar refractivity (Wildman–Crippen MR) is 92.9 cm³/mol. The molecule has 1 N–H and O–H groups in total. The Morgan fingerprint density at radius 2 is 2.00 bits per heavy atom. The highest BCUT2D eigenvalue weighted by atomic mass is 19.1. The van der Waals surface area contributed by atoms with E-state index in [-0.39, 0.29) is 18.3 Å². The quantitative estimate of drug-likeness (QED) is 0.877. The monoisotopic (exact) mass is 343 g/mol. The molecule has 1 saturated carbocycles. The SMILES string of the molecule is COc1cccc(C(O)CN(C)C(=O)C2(c3ccccc3F)CC2)c1. The van der Waals surface area contributed by atoms with Crippen LogP contribution in [0.2, 0.25) is 0 Å². The standard InChI is InChI=1S/C20H22FNO3/c1-22(13-18(23)14-6-5-7-15(12-14)25-2)19(24)20(10-11-20)16-8-3-4-9-17(16)21/h3-9,12,18,23H,10-11,13H2,1-2H3. The van der Waals surface area contributed by atoms with Gasteiger partial charge in [0.2, 0.25) is 5.91 Å². The van der Waals surface area contributed by atoms with Crippen molar-refractivity contribution in [3.8, 4) is 5.75 Å². The van der Waals surface area contributed by atoms with Crippen molar-refractivity contribution >= 4 is 5.91 Å². The van der Waals surface area contributed by atoms with Gasteiger partial charge in [-0.25, -0.2) is 4.39 Å². The summed E-state index contributed by atoms with van der Waals surface area (Å²) in [6.45, 7) is 0.141. The molecule has 5 heteroatoms.